The van der Waals surface area contributed by atoms with Gasteiger partial charge in [-0.1, -0.05) is 36.4 Å². The van der Waals surface area contributed by atoms with E-state index in [1.54, 1.807) is 12.1 Å². The zero-order valence-electron chi connectivity index (χ0n) is 19.2. The number of carbonyl (C=O) groups is 1. The Kier molecular flexibility index (Phi) is 6.33. The van der Waals surface area contributed by atoms with Crippen LogP contribution in [0.15, 0.2) is 108 Å². The molecular weight excluding hydrogens is 474 g/mol. The van der Waals surface area contributed by atoms with Gasteiger partial charge in [0.15, 0.2) is 0 Å². The van der Waals surface area contributed by atoms with Gasteiger partial charge < -0.3 is 14.5 Å². The number of pyridine rings is 1. The number of carbonyl (C=O) groups excluding carboxylic acids is 1. The highest BCUT2D eigenvalue weighted by Gasteiger charge is 2.10. The lowest BCUT2D eigenvalue weighted by atomic mass is 10.1. The van der Waals surface area contributed by atoms with E-state index < -0.39 is 11.0 Å². The summed E-state index contributed by atoms with van der Waals surface area (Å²) in [5, 5.41) is 14.1. The van der Waals surface area contributed by atoms with E-state index in [4.69, 9.17) is 9.47 Å². The van der Waals surface area contributed by atoms with Gasteiger partial charge in [0, 0.05) is 29.3 Å². The van der Waals surface area contributed by atoms with Crippen molar-refractivity contribution in [1.29, 1.82) is 0 Å². The third-order valence-corrected chi connectivity index (χ3v) is 5.50. The van der Waals surface area contributed by atoms with Crippen LogP contribution >= 0.6 is 0 Å². The Hall–Kier alpha value is -5.44. The molecule has 5 aromatic rings. The molecule has 1 heterocycles. The van der Waals surface area contributed by atoms with Crippen LogP contribution in [0.4, 0.5) is 16.2 Å². The monoisotopic (exact) mass is 493 g/mol. The second kappa shape index (κ2) is 10.0. The molecule has 9 heteroatoms. The Morgan fingerprint density at radius 3 is 2.32 bits per heavy atom. The average Bonchev–Trinajstić information content (AvgIpc) is 2.89. The van der Waals surface area contributed by atoms with Crippen LogP contribution in [-0.2, 0) is 0 Å². The number of amides is 1. The molecule has 4 aromatic carbocycles. The number of nitrogens with zero attached hydrogens (tertiary/aromatic N) is 1. The molecule has 0 aliphatic rings. The van der Waals surface area contributed by atoms with Crippen molar-refractivity contribution in [2.24, 2.45) is 0 Å². The largest absolute Gasteiger partial charge is 0.456 e. The van der Waals surface area contributed by atoms with Gasteiger partial charge in [-0.2, -0.15) is 0 Å². The number of para-hydroxylation sites is 1. The van der Waals surface area contributed by atoms with Crippen LogP contribution in [-0.4, -0.2) is 16.0 Å². The fourth-order valence-corrected chi connectivity index (χ4v) is 3.76. The molecule has 0 aliphatic heterocycles. The van der Waals surface area contributed by atoms with E-state index in [0.29, 0.717) is 22.7 Å². The van der Waals surface area contributed by atoms with Crippen LogP contribution in [0.3, 0.4) is 0 Å². The minimum Gasteiger partial charge on any atom is -0.456 e. The maximum Gasteiger partial charge on any atom is 0.417 e. The molecule has 0 fully saturated rings. The standard InChI is InChI=1S/C28H19N3O6/c32-27-17-26(24-6-1-2-7-25(24)30-27)36-23-5-3-4-19(16-23)18-8-10-20(11-9-18)29-28(33)37-22-14-12-21(13-15-22)31(34)35/h1-17H,(H,29,33)(H,30,32). The van der Waals surface area contributed by atoms with E-state index in [1.807, 2.05) is 60.7 Å². The van der Waals surface area contributed by atoms with E-state index in [1.165, 1.54) is 30.3 Å². The van der Waals surface area contributed by atoms with Gasteiger partial charge >= 0.3 is 6.09 Å². The first-order valence-corrected chi connectivity index (χ1v) is 11.2. The summed E-state index contributed by atoms with van der Waals surface area (Å²) < 4.78 is 11.2. The number of aromatic amines is 1. The molecule has 182 valence electrons. The lowest BCUT2D eigenvalue weighted by molar-refractivity contribution is -0.384. The third-order valence-electron chi connectivity index (χ3n) is 5.50. The third kappa shape index (κ3) is 5.46. The van der Waals surface area contributed by atoms with Gasteiger partial charge in [0.25, 0.3) is 11.2 Å². The molecule has 1 amide bonds. The van der Waals surface area contributed by atoms with E-state index in [0.717, 1.165) is 16.5 Å². The molecular formula is C28H19N3O6. The SMILES string of the molecule is O=C(Nc1ccc(-c2cccc(Oc3cc(=O)[nH]c4ccccc34)c2)cc1)Oc1ccc([N+](=O)[O-])cc1. The summed E-state index contributed by atoms with van der Waals surface area (Å²) >= 11 is 0. The van der Waals surface area contributed by atoms with Crippen molar-refractivity contribution in [2.75, 3.05) is 5.32 Å². The Morgan fingerprint density at radius 2 is 1.57 bits per heavy atom. The molecule has 0 saturated carbocycles. The van der Waals surface area contributed by atoms with Crippen LogP contribution in [0, 0.1) is 10.1 Å². The first-order valence-electron chi connectivity index (χ1n) is 11.2. The van der Waals surface area contributed by atoms with E-state index in [2.05, 4.69) is 10.3 Å². The van der Waals surface area contributed by atoms with Crippen LogP contribution in [0.1, 0.15) is 0 Å². The number of nitro benzene ring substituents is 1. The van der Waals surface area contributed by atoms with Crippen LogP contribution in [0.25, 0.3) is 22.0 Å². The zero-order chi connectivity index (χ0) is 25.8. The second-order valence-corrected chi connectivity index (χ2v) is 8.02. The number of fused-ring (bicyclic) bond motifs is 1. The van der Waals surface area contributed by atoms with E-state index >= 15 is 0 Å². The van der Waals surface area contributed by atoms with Crippen LogP contribution in [0.2, 0.25) is 0 Å². The molecule has 0 atom stereocenters. The maximum atomic E-state index is 12.2. The van der Waals surface area contributed by atoms with Crippen LogP contribution in [0.5, 0.6) is 17.2 Å². The number of nitro groups is 1. The molecule has 0 spiro atoms. The molecule has 0 unspecified atom stereocenters. The molecule has 0 saturated heterocycles. The second-order valence-electron chi connectivity index (χ2n) is 8.02. The highest BCUT2D eigenvalue weighted by atomic mass is 16.6. The summed E-state index contributed by atoms with van der Waals surface area (Å²) in [6.07, 6.45) is -0.720. The van der Waals surface area contributed by atoms with Gasteiger partial charge in [-0.3, -0.25) is 20.2 Å². The lowest BCUT2D eigenvalue weighted by Crippen LogP contribution is -2.16. The quantitative estimate of drug-likeness (QED) is 0.205. The highest BCUT2D eigenvalue weighted by molar-refractivity contribution is 5.87. The molecule has 1 aromatic heterocycles. The van der Waals surface area contributed by atoms with Gasteiger partial charge in [-0.15, -0.1) is 0 Å². The topological polar surface area (TPSA) is 124 Å². The number of non-ortho nitro benzene ring substituents is 1. The van der Waals surface area contributed by atoms with Gasteiger partial charge in [0.05, 0.1) is 10.4 Å². The Balaban J connectivity index is 1.28. The summed E-state index contributed by atoms with van der Waals surface area (Å²) in [4.78, 5) is 37.2. The molecule has 0 aliphatic carbocycles. The molecule has 0 radical (unpaired) electrons. The van der Waals surface area contributed by atoms with Crippen LogP contribution < -0.4 is 20.3 Å². The number of hydrogen-bond donors (Lipinski definition) is 2. The van der Waals surface area contributed by atoms with Gasteiger partial charge in [0.2, 0.25) is 0 Å². The Labute approximate surface area is 210 Å². The fourth-order valence-electron chi connectivity index (χ4n) is 3.76. The first kappa shape index (κ1) is 23.3. The first-order chi connectivity index (χ1) is 17.9. The normalized spacial score (nSPS) is 10.6. The predicted octanol–water partition coefficient (Wildman–Crippen LogP) is 6.51. The number of anilines is 1. The van der Waals surface area contributed by atoms with Gasteiger partial charge in [-0.05, 0) is 59.7 Å². The van der Waals surface area contributed by atoms with E-state index in [9.17, 15) is 19.7 Å². The number of hydrogen-bond acceptors (Lipinski definition) is 6. The number of aromatic nitrogens is 1. The molecule has 5 rings (SSSR count). The number of ether oxygens (including phenoxy) is 2. The number of benzene rings is 4. The minimum absolute atomic E-state index is 0.0939. The number of nitrogens with one attached hydrogen (secondary N) is 2. The lowest BCUT2D eigenvalue weighted by Gasteiger charge is -2.11. The summed E-state index contributed by atoms with van der Waals surface area (Å²) in [5.41, 5.74) is 2.63. The number of H-pyrrole nitrogens is 1. The number of rotatable bonds is 6. The van der Waals surface area contributed by atoms with Crippen molar-refractivity contribution in [3.63, 3.8) is 0 Å². The fraction of sp³-hybridized carbons (Fsp3) is 0. The van der Waals surface area contributed by atoms with Crippen molar-refractivity contribution in [3.05, 3.63) is 124 Å². The van der Waals surface area contributed by atoms with Crippen molar-refractivity contribution >= 4 is 28.4 Å². The van der Waals surface area contributed by atoms with Crippen molar-refractivity contribution in [3.8, 4) is 28.4 Å². The summed E-state index contributed by atoms with van der Waals surface area (Å²) in [5.74, 6) is 1.22. The molecule has 37 heavy (non-hydrogen) atoms. The minimum atomic E-state index is -0.720. The average molecular weight is 493 g/mol. The van der Waals surface area contributed by atoms with Crippen molar-refractivity contribution in [2.45, 2.75) is 0 Å². The smallest absolute Gasteiger partial charge is 0.417 e. The van der Waals surface area contributed by atoms with Gasteiger partial charge in [-0.25, -0.2) is 4.79 Å². The zero-order valence-corrected chi connectivity index (χ0v) is 19.2. The predicted molar refractivity (Wildman–Crippen MR) is 139 cm³/mol. The van der Waals surface area contributed by atoms with Gasteiger partial charge in [0.1, 0.15) is 17.2 Å². The highest BCUT2D eigenvalue weighted by Crippen LogP contribution is 2.31. The summed E-state index contributed by atoms with van der Waals surface area (Å²) in [6, 6.07) is 28.6. The molecule has 2 N–H and O–H groups in total. The molecule has 0 bridgehead atoms. The van der Waals surface area contributed by atoms with Crippen molar-refractivity contribution in [1.82, 2.24) is 4.98 Å². The maximum absolute atomic E-state index is 12.2. The molecule has 9 nitrogen and oxygen atoms in total. The Morgan fingerprint density at radius 1 is 0.811 bits per heavy atom. The van der Waals surface area contributed by atoms with E-state index in [-0.39, 0.29) is 17.0 Å². The Bertz CT molecular complexity index is 1660. The van der Waals surface area contributed by atoms with Crippen molar-refractivity contribution < 1.29 is 19.2 Å². The summed E-state index contributed by atoms with van der Waals surface area (Å²) in [6.45, 7) is 0. The summed E-state index contributed by atoms with van der Waals surface area (Å²) in [7, 11) is 0.